The summed E-state index contributed by atoms with van der Waals surface area (Å²) in [5, 5.41) is 8.88. The smallest absolute Gasteiger partial charge is 0.138 e. The van der Waals surface area contributed by atoms with Gasteiger partial charge in [0.1, 0.15) is 6.10 Å². The van der Waals surface area contributed by atoms with Gasteiger partial charge in [0.05, 0.1) is 5.69 Å². The molecule has 0 amide bonds. The van der Waals surface area contributed by atoms with Crippen LogP contribution in [0, 0.1) is 6.10 Å². The van der Waals surface area contributed by atoms with Gasteiger partial charge in [0, 0.05) is 6.20 Å². The largest absolute Gasteiger partial charge is 0.380 e. The van der Waals surface area contributed by atoms with Crippen molar-refractivity contribution in [3.8, 4) is 0 Å². The van der Waals surface area contributed by atoms with Gasteiger partial charge in [0.2, 0.25) is 0 Å². The zero-order valence-corrected chi connectivity index (χ0v) is 5.20. The van der Waals surface area contributed by atoms with Gasteiger partial charge in [0.15, 0.2) is 0 Å². The van der Waals surface area contributed by atoms with Gasteiger partial charge in [0.25, 0.3) is 0 Å². The Kier molecular flexibility index (Phi) is 1.80. The Hall–Kier alpha value is -0.890. The quantitative estimate of drug-likeness (QED) is 0.610. The molecule has 0 aromatic carbocycles. The first-order valence-electron chi connectivity index (χ1n) is 2.74. The first-order chi connectivity index (χ1) is 4.30. The minimum absolute atomic E-state index is 0.260. The fraction of sp³-hybridized carbons (Fsp3) is 0.143. The Balaban J connectivity index is 2.85. The zero-order chi connectivity index (χ0) is 6.69. The molecule has 0 spiro atoms. The summed E-state index contributed by atoms with van der Waals surface area (Å²) in [6.45, 7) is 1.61. The summed E-state index contributed by atoms with van der Waals surface area (Å²) < 4.78 is 0. The number of hydrogen-bond acceptors (Lipinski definition) is 2. The summed E-state index contributed by atoms with van der Waals surface area (Å²) in [6, 6.07) is 5.41. The van der Waals surface area contributed by atoms with Crippen molar-refractivity contribution in [2.45, 2.75) is 6.92 Å². The molecule has 1 radical (unpaired) electrons. The molecule has 0 saturated heterocycles. The van der Waals surface area contributed by atoms with Gasteiger partial charge in [-0.2, -0.15) is 0 Å². The molecule has 1 aromatic heterocycles. The van der Waals surface area contributed by atoms with Crippen LogP contribution in [0.2, 0.25) is 0 Å². The van der Waals surface area contributed by atoms with Crippen LogP contribution < -0.4 is 0 Å². The summed E-state index contributed by atoms with van der Waals surface area (Å²) in [5.41, 5.74) is 0.637. The van der Waals surface area contributed by atoms with E-state index in [9.17, 15) is 0 Å². The minimum Gasteiger partial charge on any atom is -0.380 e. The predicted octanol–water partition coefficient (Wildman–Crippen LogP) is 1.35. The molecule has 1 heterocycles. The lowest BCUT2D eigenvalue weighted by Gasteiger charge is -1.98. The van der Waals surface area contributed by atoms with E-state index in [4.69, 9.17) is 5.11 Å². The molecular weight excluding hydrogens is 114 g/mol. The Morgan fingerprint density at radius 3 is 2.67 bits per heavy atom. The molecule has 2 nitrogen and oxygen atoms in total. The molecule has 47 valence electrons. The van der Waals surface area contributed by atoms with Crippen molar-refractivity contribution in [3.05, 3.63) is 36.2 Å². The van der Waals surface area contributed by atoms with Crippen LogP contribution in [-0.4, -0.2) is 10.1 Å². The molecule has 0 bridgehead atoms. The van der Waals surface area contributed by atoms with Gasteiger partial charge < -0.3 is 5.11 Å². The lowest BCUT2D eigenvalue weighted by Crippen LogP contribution is -1.93. The first kappa shape index (κ1) is 6.23. The van der Waals surface area contributed by atoms with Gasteiger partial charge in [-0.15, -0.1) is 0 Å². The van der Waals surface area contributed by atoms with E-state index >= 15 is 0 Å². The fourth-order valence-corrected chi connectivity index (χ4v) is 0.577. The molecule has 1 aromatic rings. The van der Waals surface area contributed by atoms with E-state index in [1.54, 1.807) is 19.2 Å². The maximum atomic E-state index is 8.88. The van der Waals surface area contributed by atoms with Crippen molar-refractivity contribution in [1.82, 2.24) is 4.98 Å². The molecule has 1 rings (SSSR count). The first-order valence-corrected chi connectivity index (χ1v) is 2.74. The number of pyridine rings is 1. The van der Waals surface area contributed by atoms with Crippen LogP contribution >= 0.6 is 0 Å². The van der Waals surface area contributed by atoms with Crippen LogP contribution in [0.25, 0.3) is 0 Å². The van der Waals surface area contributed by atoms with Crippen LogP contribution in [-0.2, 0) is 0 Å². The Morgan fingerprint density at radius 1 is 1.56 bits per heavy atom. The van der Waals surface area contributed by atoms with Gasteiger partial charge >= 0.3 is 0 Å². The second kappa shape index (κ2) is 2.60. The van der Waals surface area contributed by atoms with Crippen molar-refractivity contribution in [2.75, 3.05) is 0 Å². The van der Waals surface area contributed by atoms with E-state index in [-0.39, 0.29) is 6.10 Å². The Bertz CT molecular complexity index is 172. The summed E-state index contributed by atoms with van der Waals surface area (Å²) in [4.78, 5) is 3.89. The summed E-state index contributed by atoms with van der Waals surface area (Å²) >= 11 is 0. The molecule has 0 atom stereocenters. The molecule has 0 saturated carbocycles. The van der Waals surface area contributed by atoms with Gasteiger partial charge in [-0.25, -0.2) is 0 Å². The van der Waals surface area contributed by atoms with Crippen molar-refractivity contribution < 1.29 is 5.11 Å². The predicted molar refractivity (Wildman–Crippen MR) is 34.2 cm³/mol. The summed E-state index contributed by atoms with van der Waals surface area (Å²) in [6.07, 6.45) is 1.91. The fourth-order valence-electron chi connectivity index (χ4n) is 0.577. The second-order valence-electron chi connectivity index (χ2n) is 1.80. The van der Waals surface area contributed by atoms with Gasteiger partial charge in [-0.3, -0.25) is 4.98 Å². The van der Waals surface area contributed by atoms with E-state index in [1.807, 2.05) is 12.1 Å². The van der Waals surface area contributed by atoms with Crippen LogP contribution in [0.4, 0.5) is 0 Å². The number of hydrogen-bond donors (Lipinski definition) is 1. The van der Waals surface area contributed by atoms with Crippen molar-refractivity contribution in [1.29, 1.82) is 0 Å². The molecule has 0 aliphatic heterocycles. The number of aliphatic hydroxyl groups is 1. The maximum Gasteiger partial charge on any atom is 0.138 e. The van der Waals surface area contributed by atoms with E-state index in [0.29, 0.717) is 5.69 Å². The topological polar surface area (TPSA) is 33.1 Å². The third kappa shape index (κ3) is 1.50. The Labute approximate surface area is 54.2 Å². The zero-order valence-electron chi connectivity index (χ0n) is 5.20. The number of nitrogens with zero attached hydrogens (tertiary/aromatic N) is 1. The van der Waals surface area contributed by atoms with Crippen molar-refractivity contribution in [2.24, 2.45) is 0 Å². The molecule has 0 unspecified atom stereocenters. The summed E-state index contributed by atoms with van der Waals surface area (Å²) in [7, 11) is 0. The van der Waals surface area contributed by atoms with Crippen LogP contribution in [0.5, 0.6) is 0 Å². The van der Waals surface area contributed by atoms with E-state index in [0.717, 1.165) is 0 Å². The Morgan fingerprint density at radius 2 is 2.33 bits per heavy atom. The lowest BCUT2D eigenvalue weighted by atomic mass is 10.2. The average Bonchev–Trinajstić information content (AvgIpc) is 1.90. The molecule has 0 aliphatic rings. The van der Waals surface area contributed by atoms with Crippen LogP contribution in [0.15, 0.2) is 24.4 Å². The van der Waals surface area contributed by atoms with Gasteiger partial charge in [-0.1, -0.05) is 6.07 Å². The average molecular weight is 122 g/mol. The molecule has 0 fully saturated rings. The van der Waals surface area contributed by atoms with Crippen molar-refractivity contribution in [3.63, 3.8) is 0 Å². The van der Waals surface area contributed by atoms with E-state index in [1.165, 1.54) is 0 Å². The number of aromatic nitrogens is 1. The van der Waals surface area contributed by atoms with Crippen LogP contribution in [0.3, 0.4) is 0 Å². The maximum absolute atomic E-state index is 8.88. The highest BCUT2D eigenvalue weighted by Crippen LogP contribution is 2.04. The SMILES string of the molecule is C[C](O)c1ccccn1. The number of rotatable bonds is 1. The second-order valence-corrected chi connectivity index (χ2v) is 1.80. The minimum atomic E-state index is 0.260. The monoisotopic (exact) mass is 122 g/mol. The normalized spacial score (nSPS) is 10.1. The summed E-state index contributed by atoms with van der Waals surface area (Å²) in [5.74, 6) is 0. The van der Waals surface area contributed by atoms with E-state index in [2.05, 4.69) is 4.98 Å². The highest BCUT2D eigenvalue weighted by atomic mass is 16.3. The standard InChI is InChI=1S/C7H8NO/c1-6(9)7-4-2-3-5-8-7/h2-5,9H,1H3. The lowest BCUT2D eigenvalue weighted by molar-refractivity contribution is 0.336. The van der Waals surface area contributed by atoms with Crippen molar-refractivity contribution >= 4 is 0 Å². The number of aliphatic hydroxyl groups excluding tert-OH is 1. The van der Waals surface area contributed by atoms with Crippen LogP contribution in [0.1, 0.15) is 12.6 Å². The molecular formula is C7H8NO. The molecule has 0 aliphatic carbocycles. The molecule has 2 heteroatoms. The third-order valence-electron chi connectivity index (χ3n) is 1.04. The molecule has 9 heavy (non-hydrogen) atoms. The van der Waals surface area contributed by atoms with Gasteiger partial charge in [-0.05, 0) is 19.1 Å². The highest BCUT2D eigenvalue weighted by molar-refractivity contribution is 5.14. The third-order valence-corrected chi connectivity index (χ3v) is 1.04. The highest BCUT2D eigenvalue weighted by Gasteiger charge is 1.98. The van der Waals surface area contributed by atoms with E-state index < -0.39 is 0 Å². The molecule has 1 N–H and O–H groups in total.